The predicted octanol–water partition coefficient (Wildman–Crippen LogP) is 5.28. The molecule has 1 aliphatic rings. The van der Waals surface area contributed by atoms with Crippen LogP contribution in [0.2, 0.25) is 0 Å². The van der Waals surface area contributed by atoms with Gasteiger partial charge in [-0.3, -0.25) is 9.59 Å². The Morgan fingerprint density at radius 1 is 1.08 bits per heavy atom. The Morgan fingerprint density at radius 2 is 1.86 bits per heavy atom. The van der Waals surface area contributed by atoms with Gasteiger partial charge in [0, 0.05) is 40.2 Å². The van der Waals surface area contributed by atoms with Crippen molar-refractivity contribution in [1.29, 1.82) is 0 Å². The molecule has 3 heterocycles. The number of anilines is 1. The van der Waals surface area contributed by atoms with E-state index in [-0.39, 0.29) is 23.5 Å². The molecule has 1 N–H and O–H groups in total. The van der Waals surface area contributed by atoms with Crippen LogP contribution in [0.15, 0.2) is 66.2 Å². The zero-order valence-corrected chi connectivity index (χ0v) is 21.7. The number of nitrogens with one attached hydrogen (secondary N) is 1. The minimum Gasteiger partial charge on any atom is -0.378 e. The van der Waals surface area contributed by atoms with E-state index < -0.39 is 5.92 Å². The molecule has 0 unspecified atom stereocenters. The summed E-state index contributed by atoms with van der Waals surface area (Å²) in [6.45, 7) is 4.15. The Kier molecular flexibility index (Phi) is 7.68. The molecule has 1 aliphatic heterocycles. The maximum Gasteiger partial charge on any atom is 0.254 e. The van der Waals surface area contributed by atoms with Gasteiger partial charge < -0.3 is 15.0 Å². The van der Waals surface area contributed by atoms with Crippen molar-refractivity contribution in [2.45, 2.75) is 12.8 Å². The van der Waals surface area contributed by atoms with Gasteiger partial charge in [0.25, 0.3) is 5.91 Å². The van der Waals surface area contributed by atoms with Crippen LogP contribution in [0.25, 0.3) is 10.4 Å². The minimum atomic E-state index is -0.495. The molecule has 0 aliphatic carbocycles. The summed E-state index contributed by atoms with van der Waals surface area (Å²) in [5, 5.41) is 10.9. The van der Waals surface area contributed by atoms with Crippen molar-refractivity contribution in [3.8, 4) is 10.4 Å². The Bertz CT molecular complexity index is 1370. The number of hydrogen-bond acceptors (Lipinski definition) is 7. The summed E-state index contributed by atoms with van der Waals surface area (Å²) in [6, 6.07) is 17.9. The van der Waals surface area contributed by atoms with Gasteiger partial charge in [-0.15, -0.1) is 21.5 Å². The zero-order valence-electron chi connectivity index (χ0n) is 20.1. The molecule has 190 valence electrons. The molecule has 1 saturated heterocycles. The van der Waals surface area contributed by atoms with Gasteiger partial charge in [-0.05, 0) is 47.5 Å². The monoisotopic (exact) mass is 536 g/mol. The summed E-state index contributed by atoms with van der Waals surface area (Å²) in [6.07, 6.45) is 0. The van der Waals surface area contributed by atoms with Crippen molar-refractivity contribution < 1.29 is 18.7 Å². The van der Waals surface area contributed by atoms with E-state index in [1.54, 1.807) is 27.8 Å². The molecule has 2 amide bonds. The topological polar surface area (TPSA) is 84.4 Å². The molecule has 1 fully saturated rings. The van der Waals surface area contributed by atoms with E-state index >= 15 is 0 Å². The molecule has 0 bridgehead atoms. The zero-order chi connectivity index (χ0) is 25.8. The third kappa shape index (κ3) is 5.76. The lowest BCUT2D eigenvalue weighted by Crippen LogP contribution is -2.40. The highest BCUT2D eigenvalue weighted by Gasteiger charge is 2.29. The van der Waals surface area contributed by atoms with Crippen molar-refractivity contribution in [2.75, 3.05) is 31.6 Å². The second-order valence-electron chi connectivity index (χ2n) is 8.74. The molecule has 10 heteroatoms. The third-order valence-electron chi connectivity index (χ3n) is 6.36. The second kappa shape index (κ2) is 11.3. The number of benzene rings is 2. The van der Waals surface area contributed by atoms with E-state index in [9.17, 15) is 14.0 Å². The van der Waals surface area contributed by atoms with Crippen LogP contribution in [-0.2, 0) is 9.53 Å². The Balaban J connectivity index is 1.39. The average molecular weight is 537 g/mol. The first-order valence-corrected chi connectivity index (χ1v) is 13.6. The number of aromatic nitrogens is 2. The lowest BCUT2D eigenvalue weighted by atomic mass is 9.85. The lowest BCUT2D eigenvalue weighted by molar-refractivity contribution is -0.119. The molecule has 0 saturated carbocycles. The standard InChI is InChI=1S/C27H25FN4O3S2/c1-17(25(33)30-27-31-29-16-36-27)24(20-3-2-4-21(28)15-20)23-10-9-22(37-23)18-5-7-19(8-6-18)26(34)32-11-13-35-14-12-32/h2-10,15-17,24H,11-14H2,1H3,(H,30,31,33)/t17-,24-/m0/s1. The lowest BCUT2D eigenvalue weighted by Gasteiger charge is -2.26. The van der Waals surface area contributed by atoms with Crippen LogP contribution in [0, 0.1) is 11.7 Å². The summed E-state index contributed by atoms with van der Waals surface area (Å²) in [7, 11) is 0. The first-order chi connectivity index (χ1) is 18.0. The van der Waals surface area contributed by atoms with Gasteiger partial charge in [0.15, 0.2) is 0 Å². The van der Waals surface area contributed by atoms with Crippen molar-refractivity contribution in [3.05, 3.63) is 88.0 Å². The van der Waals surface area contributed by atoms with E-state index in [0.717, 1.165) is 20.9 Å². The van der Waals surface area contributed by atoms with Crippen molar-refractivity contribution in [1.82, 2.24) is 15.1 Å². The molecular formula is C27H25FN4O3S2. The first kappa shape index (κ1) is 25.2. The number of halogens is 1. The van der Waals surface area contributed by atoms with Gasteiger partial charge in [0.05, 0.1) is 13.2 Å². The van der Waals surface area contributed by atoms with Crippen molar-refractivity contribution in [2.24, 2.45) is 5.92 Å². The molecule has 2 aromatic heterocycles. The summed E-state index contributed by atoms with van der Waals surface area (Å²) in [5.41, 5.74) is 3.89. The average Bonchev–Trinajstić information content (AvgIpc) is 3.62. The quantitative estimate of drug-likeness (QED) is 0.347. The smallest absolute Gasteiger partial charge is 0.254 e. The van der Waals surface area contributed by atoms with Gasteiger partial charge >= 0.3 is 0 Å². The largest absolute Gasteiger partial charge is 0.378 e. The van der Waals surface area contributed by atoms with Gasteiger partial charge in [-0.1, -0.05) is 42.5 Å². The van der Waals surface area contributed by atoms with E-state index in [1.807, 2.05) is 49.4 Å². The number of ether oxygens (including phenoxy) is 1. The Morgan fingerprint density at radius 3 is 2.57 bits per heavy atom. The van der Waals surface area contributed by atoms with Gasteiger partial charge in [0.2, 0.25) is 11.0 Å². The number of morpholine rings is 1. The summed E-state index contributed by atoms with van der Waals surface area (Å²) < 4.78 is 19.5. The van der Waals surface area contributed by atoms with Crippen LogP contribution in [0.4, 0.5) is 9.52 Å². The van der Waals surface area contributed by atoms with Crippen LogP contribution in [0.1, 0.15) is 33.6 Å². The molecule has 37 heavy (non-hydrogen) atoms. The maximum absolute atomic E-state index is 14.2. The fraction of sp³-hybridized carbons (Fsp3) is 0.259. The van der Waals surface area contributed by atoms with Crippen LogP contribution < -0.4 is 5.32 Å². The SMILES string of the molecule is C[C@H](C(=O)Nc1nncs1)[C@@H](c1cccc(F)c1)c1ccc(-c2ccc(C(=O)N3CCOCC3)cc2)s1. The molecule has 0 spiro atoms. The van der Waals surface area contributed by atoms with Crippen LogP contribution in [0.3, 0.4) is 0 Å². The normalized spacial score (nSPS) is 15.2. The highest BCUT2D eigenvalue weighted by molar-refractivity contribution is 7.15. The van der Waals surface area contributed by atoms with E-state index in [4.69, 9.17) is 4.74 Å². The molecule has 4 aromatic rings. The Labute approximate surface area is 221 Å². The third-order valence-corrected chi connectivity index (χ3v) is 8.18. The number of nitrogens with zero attached hydrogens (tertiary/aromatic N) is 3. The van der Waals surface area contributed by atoms with Gasteiger partial charge in [-0.2, -0.15) is 0 Å². The van der Waals surface area contributed by atoms with E-state index in [0.29, 0.717) is 37.0 Å². The van der Waals surface area contributed by atoms with Gasteiger partial charge in [0.1, 0.15) is 11.3 Å². The summed E-state index contributed by atoms with van der Waals surface area (Å²) >= 11 is 2.79. The molecule has 0 radical (unpaired) electrons. The molecule has 2 aromatic carbocycles. The highest BCUT2D eigenvalue weighted by Crippen LogP contribution is 2.40. The molecule has 2 atom stereocenters. The van der Waals surface area contributed by atoms with Crippen LogP contribution in [0.5, 0.6) is 0 Å². The number of carbonyl (C=O) groups is 2. The number of amides is 2. The molecular weight excluding hydrogens is 511 g/mol. The van der Waals surface area contributed by atoms with Gasteiger partial charge in [-0.25, -0.2) is 4.39 Å². The maximum atomic E-state index is 14.2. The number of rotatable bonds is 7. The summed E-state index contributed by atoms with van der Waals surface area (Å²) in [5.74, 6) is -1.41. The molecule has 5 rings (SSSR count). The van der Waals surface area contributed by atoms with Crippen molar-refractivity contribution in [3.63, 3.8) is 0 Å². The van der Waals surface area contributed by atoms with Crippen LogP contribution >= 0.6 is 22.7 Å². The van der Waals surface area contributed by atoms with Crippen molar-refractivity contribution >= 4 is 39.6 Å². The fourth-order valence-corrected chi connectivity index (χ4v) is 6.09. The van der Waals surface area contributed by atoms with E-state index in [1.165, 1.54) is 23.5 Å². The van der Waals surface area contributed by atoms with E-state index in [2.05, 4.69) is 15.5 Å². The Hall–Kier alpha value is -3.47. The number of hydrogen-bond donors (Lipinski definition) is 1. The fourth-order valence-electron chi connectivity index (χ4n) is 4.40. The van der Waals surface area contributed by atoms with Crippen LogP contribution in [-0.4, -0.2) is 53.2 Å². The molecule has 7 nitrogen and oxygen atoms in total. The highest BCUT2D eigenvalue weighted by atomic mass is 32.1. The predicted molar refractivity (Wildman–Crippen MR) is 142 cm³/mol. The summed E-state index contributed by atoms with van der Waals surface area (Å²) in [4.78, 5) is 29.6. The first-order valence-electron chi connectivity index (χ1n) is 11.9. The minimum absolute atomic E-state index is 0.00292. The second-order valence-corrected chi connectivity index (χ2v) is 10.7. The number of thiophene rings is 1. The number of carbonyl (C=O) groups excluding carboxylic acids is 2.